The van der Waals surface area contributed by atoms with Crippen LogP contribution in [0.2, 0.25) is 0 Å². The molecule has 0 amide bonds. The predicted octanol–water partition coefficient (Wildman–Crippen LogP) is -0.821. The smallest absolute Gasteiger partial charge is 0.0441 e. The molecule has 1 heterocycles. The van der Waals surface area contributed by atoms with Crippen LogP contribution in [0.25, 0.3) is 0 Å². The van der Waals surface area contributed by atoms with Gasteiger partial charge in [-0.25, -0.2) is 0 Å². The van der Waals surface area contributed by atoms with Crippen molar-refractivity contribution in [1.29, 1.82) is 0 Å². The van der Waals surface area contributed by atoms with Crippen molar-refractivity contribution in [2.24, 2.45) is 0 Å². The van der Waals surface area contributed by atoms with E-state index in [1.54, 1.807) is 0 Å². The average Bonchev–Trinajstić information content (AvgIpc) is 1.80. The molecule has 0 spiro atoms. The Kier molecular flexibility index (Phi) is 0.309. The Labute approximate surface area is 47.8 Å². The molecule has 0 bridgehead atoms. The zero-order valence-electron chi connectivity index (χ0n) is 10.1. The molecule has 1 rings (SSSR count). The Bertz CT molecular complexity index is 215. The van der Waals surface area contributed by atoms with E-state index in [1.165, 1.54) is 0 Å². The molecule has 1 atom stereocenters. The van der Waals surface area contributed by atoms with Gasteiger partial charge in [-0.1, -0.05) is 0 Å². The molecule has 0 radical (unpaired) electrons. The van der Waals surface area contributed by atoms with Gasteiger partial charge in [-0.3, -0.25) is 0 Å². The number of rotatable bonds is 0. The van der Waals surface area contributed by atoms with Crippen LogP contribution in [-0.2, 0) is 0 Å². The van der Waals surface area contributed by atoms with Gasteiger partial charge in [0.05, 0.1) is 0 Å². The first-order valence-electron chi connectivity index (χ1n) is 5.15. The molecule has 2 N–H and O–H groups in total. The summed E-state index contributed by atoms with van der Waals surface area (Å²) in [6, 6.07) is 0. The van der Waals surface area contributed by atoms with Gasteiger partial charge in [0, 0.05) is 35.6 Å². The Hall–Kier alpha value is -0.0800. The van der Waals surface area contributed by atoms with Crippen LogP contribution in [0.5, 0.6) is 0 Å². The molecule has 6 heavy (non-hydrogen) atoms. The van der Waals surface area contributed by atoms with Gasteiger partial charge in [0.2, 0.25) is 0 Å². The van der Waals surface area contributed by atoms with Crippen LogP contribution in [0.4, 0.5) is 0 Å². The summed E-state index contributed by atoms with van der Waals surface area (Å²) in [7, 11) is 0. The summed E-state index contributed by atoms with van der Waals surface area (Å²) in [5, 5.41) is 3.74. The largest absolute Gasteiger partial charge is 0.314 e. The summed E-state index contributed by atoms with van der Waals surface area (Å²) in [6.45, 7) is -8.81. The van der Waals surface area contributed by atoms with Gasteiger partial charge in [-0.05, 0) is 0 Å². The minimum atomic E-state index is -2.53. The molecule has 36 valence electrons. The van der Waals surface area contributed by atoms with E-state index in [1.807, 2.05) is 10.6 Å². The molecular weight excluding hydrogens is 76.1 g/mol. The second-order valence-electron chi connectivity index (χ2n) is 0.808. The highest BCUT2D eigenvalue weighted by Gasteiger charge is 1.91. The quantitative estimate of drug-likeness (QED) is 0.409. The summed E-state index contributed by atoms with van der Waals surface area (Å²) < 4.78 is 50.2. The van der Waals surface area contributed by atoms with Gasteiger partial charge in [0.1, 0.15) is 0 Å². The number of hydrogen-bond donors (Lipinski definition) is 2. The van der Waals surface area contributed by atoms with Crippen LogP contribution >= 0.6 is 0 Å². The molecule has 1 aliphatic heterocycles. The lowest BCUT2D eigenvalue weighted by atomic mass is 10.4. The van der Waals surface area contributed by atoms with Gasteiger partial charge in [0.25, 0.3) is 0 Å². The Morgan fingerprint density at radius 2 is 2.00 bits per heavy atom. The fraction of sp³-hybridized carbons (Fsp3) is 1.00. The molecule has 0 aliphatic carbocycles. The van der Waals surface area contributed by atoms with E-state index in [4.69, 9.17) is 9.60 Å². The van der Waals surface area contributed by atoms with Crippen molar-refractivity contribution in [3.8, 4) is 0 Å². The number of nitrogens with one attached hydrogen (secondary N) is 2. The van der Waals surface area contributed by atoms with Crippen molar-refractivity contribution in [1.82, 2.24) is 10.6 Å². The van der Waals surface area contributed by atoms with Crippen molar-refractivity contribution in [2.45, 2.75) is 0 Å². The van der Waals surface area contributed by atoms with E-state index in [-0.39, 0.29) is 0 Å². The first-order chi connectivity index (χ1) is 5.58. The fourth-order valence-corrected chi connectivity index (χ4v) is 0.212. The van der Waals surface area contributed by atoms with Crippen LogP contribution < -0.4 is 10.6 Å². The SMILES string of the molecule is [2H]C1NC([2H])([2H])C([2H])([2H])NC1([2H])[2H]. The zero-order chi connectivity index (χ0) is 10.5. The standard InChI is InChI=1S/C4H10N2/c1-2-6-4-3-5-1/h5-6H,1-4H2/i1D,2D2,3D2,4D2. The second kappa shape index (κ2) is 2.16. The van der Waals surface area contributed by atoms with E-state index in [0.29, 0.717) is 0 Å². The van der Waals surface area contributed by atoms with Crippen LogP contribution in [0, 0.1) is 0 Å². The molecule has 0 saturated carbocycles. The monoisotopic (exact) mass is 93.1 g/mol. The molecular formula is C4H10N2. The van der Waals surface area contributed by atoms with E-state index in [2.05, 4.69) is 0 Å². The van der Waals surface area contributed by atoms with E-state index < -0.39 is 26.0 Å². The van der Waals surface area contributed by atoms with Gasteiger partial charge >= 0.3 is 0 Å². The highest BCUT2D eigenvalue weighted by Crippen LogP contribution is 1.65. The summed E-state index contributed by atoms with van der Waals surface area (Å²) in [6.07, 6.45) is 0. The summed E-state index contributed by atoms with van der Waals surface area (Å²) >= 11 is 0. The van der Waals surface area contributed by atoms with Gasteiger partial charge < -0.3 is 10.6 Å². The molecule has 1 aliphatic rings. The Morgan fingerprint density at radius 1 is 1.17 bits per heavy atom. The molecule has 1 unspecified atom stereocenters. The Balaban J connectivity index is 2.93. The molecule has 1 fully saturated rings. The highest BCUT2D eigenvalue weighted by atomic mass is 15.0. The van der Waals surface area contributed by atoms with Gasteiger partial charge in [-0.15, -0.1) is 0 Å². The van der Waals surface area contributed by atoms with Crippen molar-refractivity contribution in [3.63, 3.8) is 0 Å². The molecule has 0 aromatic heterocycles. The molecule has 1 saturated heterocycles. The Morgan fingerprint density at radius 3 is 2.83 bits per heavy atom. The normalized spacial score (nSPS) is 78.7. The minimum Gasteiger partial charge on any atom is -0.314 e. The number of piperazine rings is 1. The van der Waals surface area contributed by atoms with Gasteiger partial charge in [0.15, 0.2) is 0 Å². The van der Waals surface area contributed by atoms with Crippen molar-refractivity contribution in [2.75, 3.05) is 26.0 Å². The average molecular weight is 93.2 g/mol. The van der Waals surface area contributed by atoms with E-state index in [0.717, 1.165) is 0 Å². The van der Waals surface area contributed by atoms with Crippen LogP contribution in [0.3, 0.4) is 0 Å². The third-order valence-corrected chi connectivity index (χ3v) is 0.414. The lowest BCUT2D eigenvalue weighted by molar-refractivity contribution is 0.534. The van der Waals surface area contributed by atoms with E-state index >= 15 is 0 Å². The maximum atomic E-state index is 7.17. The predicted molar refractivity (Wildman–Crippen MR) is 25.7 cm³/mol. The summed E-state index contributed by atoms with van der Waals surface area (Å²) in [5.41, 5.74) is 0. The van der Waals surface area contributed by atoms with Crippen LogP contribution in [0.1, 0.15) is 9.60 Å². The van der Waals surface area contributed by atoms with Crippen LogP contribution in [-0.4, -0.2) is 26.0 Å². The molecule has 0 aromatic rings. The highest BCUT2D eigenvalue weighted by molar-refractivity contribution is 4.59. The lowest BCUT2D eigenvalue weighted by Crippen LogP contribution is -2.39. The molecule has 2 nitrogen and oxygen atoms in total. The lowest BCUT2D eigenvalue weighted by Gasteiger charge is -2.11. The first-order valence-corrected chi connectivity index (χ1v) is 1.58. The van der Waals surface area contributed by atoms with Crippen LogP contribution in [0.15, 0.2) is 0 Å². The maximum Gasteiger partial charge on any atom is 0.0441 e. The third kappa shape index (κ3) is 0.954. The zero-order valence-corrected chi connectivity index (χ0v) is 3.08. The van der Waals surface area contributed by atoms with Gasteiger partial charge in [-0.2, -0.15) is 0 Å². The summed E-state index contributed by atoms with van der Waals surface area (Å²) in [4.78, 5) is 0. The van der Waals surface area contributed by atoms with Crippen molar-refractivity contribution >= 4 is 0 Å². The van der Waals surface area contributed by atoms with E-state index in [9.17, 15) is 0 Å². The first kappa shape index (κ1) is 0.858. The third-order valence-electron chi connectivity index (χ3n) is 0.414. The fourth-order valence-electron chi connectivity index (χ4n) is 0.212. The minimum absolute atomic E-state index is 1.54. The number of hydrogen-bond acceptors (Lipinski definition) is 2. The molecule has 0 aromatic carbocycles. The van der Waals surface area contributed by atoms with Crippen molar-refractivity contribution in [3.05, 3.63) is 0 Å². The molecule has 2 heteroatoms. The second-order valence-corrected chi connectivity index (χ2v) is 0.808. The topological polar surface area (TPSA) is 24.1 Å². The van der Waals surface area contributed by atoms with Crippen molar-refractivity contribution < 1.29 is 9.60 Å². The maximum absolute atomic E-state index is 7.17. The summed E-state index contributed by atoms with van der Waals surface area (Å²) in [5.74, 6) is 0.